The quantitative estimate of drug-likeness (QED) is 0.347. The van der Waals surface area contributed by atoms with Crippen LogP contribution in [0.2, 0.25) is 0 Å². The molecular formula is C11H14N2O2. The van der Waals surface area contributed by atoms with Crippen molar-refractivity contribution < 1.29 is 9.53 Å². The van der Waals surface area contributed by atoms with Gasteiger partial charge in [-0.3, -0.25) is 4.79 Å². The van der Waals surface area contributed by atoms with E-state index in [0.717, 1.165) is 11.1 Å². The lowest BCUT2D eigenvalue weighted by molar-refractivity contribution is -0.142. The van der Waals surface area contributed by atoms with Crippen LogP contribution in [-0.4, -0.2) is 18.8 Å². The van der Waals surface area contributed by atoms with Gasteiger partial charge in [-0.05, 0) is 18.1 Å². The van der Waals surface area contributed by atoms with Crippen LogP contribution in [0.25, 0.3) is 0 Å². The van der Waals surface area contributed by atoms with Crippen LogP contribution in [0.5, 0.6) is 0 Å². The summed E-state index contributed by atoms with van der Waals surface area (Å²) < 4.78 is 4.84. The van der Waals surface area contributed by atoms with Gasteiger partial charge in [0.05, 0.1) is 19.2 Å². The van der Waals surface area contributed by atoms with Gasteiger partial charge in [-0.25, -0.2) is 0 Å². The maximum Gasteiger partial charge on any atom is 0.310 e. The van der Waals surface area contributed by atoms with Gasteiger partial charge in [0.2, 0.25) is 0 Å². The lowest BCUT2D eigenvalue weighted by atomic mass is 10.1. The van der Waals surface area contributed by atoms with Crippen molar-refractivity contribution in [2.45, 2.75) is 13.3 Å². The van der Waals surface area contributed by atoms with E-state index >= 15 is 0 Å². The molecule has 4 nitrogen and oxygen atoms in total. The Hall–Kier alpha value is -1.84. The van der Waals surface area contributed by atoms with Gasteiger partial charge < -0.3 is 10.6 Å². The van der Waals surface area contributed by atoms with Crippen LogP contribution in [-0.2, 0) is 16.0 Å². The molecular weight excluding hydrogens is 192 g/mol. The predicted octanol–water partition coefficient (Wildman–Crippen LogP) is 1.08. The van der Waals surface area contributed by atoms with Crippen molar-refractivity contribution in [1.29, 1.82) is 0 Å². The fourth-order valence-corrected chi connectivity index (χ4v) is 1.19. The molecule has 1 aromatic carbocycles. The van der Waals surface area contributed by atoms with E-state index in [1.54, 1.807) is 13.1 Å². The topological polar surface area (TPSA) is 64.7 Å². The molecule has 0 amide bonds. The number of hydrogen-bond donors (Lipinski definition) is 1. The van der Waals surface area contributed by atoms with E-state index in [4.69, 9.17) is 10.6 Å². The lowest BCUT2D eigenvalue weighted by Crippen LogP contribution is -2.07. The van der Waals surface area contributed by atoms with Crippen molar-refractivity contribution in [3.8, 4) is 0 Å². The van der Waals surface area contributed by atoms with E-state index in [-0.39, 0.29) is 5.97 Å². The largest absolute Gasteiger partial charge is 0.466 e. The van der Waals surface area contributed by atoms with Gasteiger partial charge in [0.1, 0.15) is 0 Å². The number of carbonyl (C=O) groups is 1. The van der Waals surface area contributed by atoms with Crippen molar-refractivity contribution >= 4 is 12.2 Å². The zero-order valence-electron chi connectivity index (χ0n) is 8.64. The number of nitrogens with zero attached hydrogens (tertiary/aromatic N) is 1. The van der Waals surface area contributed by atoms with Crippen LogP contribution >= 0.6 is 0 Å². The minimum atomic E-state index is -0.210. The number of hydrazone groups is 1. The molecule has 0 atom stereocenters. The molecule has 0 saturated carbocycles. The standard InChI is InChI=1S/C11H14N2O2/c1-2-15-11(14)7-9-3-5-10(6-4-9)8-13-12/h3-6,8H,2,7,12H2,1H3. The first kappa shape index (κ1) is 11.2. The smallest absolute Gasteiger partial charge is 0.310 e. The summed E-state index contributed by atoms with van der Waals surface area (Å²) in [5.74, 6) is 4.80. The molecule has 2 N–H and O–H groups in total. The lowest BCUT2D eigenvalue weighted by Gasteiger charge is -2.01. The third-order valence-electron chi connectivity index (χ3n) is 1.86. The third kappa shape index (κ3) is 3.81. The van der Waals surface area contributed by atoms with Crippen molar-refractivity contribution in [3.63, 3.8) is 0 Å². The number of hydrogen-bond acceptors (Lipinski definition) is 4. The average molecular weight is 206 g/mol. The molecule has 0 aliphatic heterocycles. The summed E-state index contributed by atoms with van der Waals surface area (Å²) in [6.45, 7) is 2.20. The summed E-state index contributed by atoms with van der Waals surface area (Å²) in [6, 6.07) is 7.41. The van der Waals surface area contributed by atoms with Gasteiger partial charge in [0.15, 0.2) is 0 Å². The Balaban J connectivity index is 2.60. The van der Waals surface area contributed by atoms with E-state index in [9.17, 15) is 4.79 Å². The second kappa shape index (κ2) is 5.80. The SMILES string of the molecule is CCOC(=O)Cc1ccc(C=NN)cc1. The Morgan fingerprint density at radius 3 is 2.67 bits per heavy atom. The first-order chi connectivity index (χ1) is 7.26. The Bertz CT molecular complexity index is 344. The molecule has 0 saturated heterocycles. The Morgan fingerprint density at radius 2 is 2.13 bits per heavy atom. The fourth-order valence-electron chi connectivity index (χ4n) is 1.19. The summed E-state index contributed by atoms with van der Waals surface area (Å²) in [5, 5.41) is 3.41. The van der Waals surface area contributed by atoms with Crippen LogP contribution in [0.4, 0.5) is 0 Å². The number of benzene rings is 1. The molecule has 15 heavy (non-hydrogen) atoms. The first-order valence-corrected chi connectivity index (χ1v) is 4.74. The van der Waals surface area contributed by atoms with E-state index in [2.05, 4.69) is 5.10 Å². The molecule has 0 aliphatic carbocycles. The molecule has 0 radical (unpaired) electrons. The molecule has 1 aromatic rings. The maximum atomic E-state index is 11.2. The van der Waals surface area contributed by atoms with Crippen LogP contribution in [0.3, 0.4) is 0 Å². The molecule has 1 rings (SSSR count). The highest BCUT2D eigenvalue weighted by Gasteiger charge is 2.02. The summed E-state index contributed by atoms with van der Waals surface area (Å²) in [7, 11) is 0. The van der Waals surface area contributed by atoms with Gasteiger partial charge in [-0.2, -0.15) is 5.10 Å². The Morgan fingerprint density at radius 1 is 1.47 bits per heavy atom. The molecule has 0 aliphatic rings. The molecule has 80 valence electrons. The molecule has 0 unspecified atom stereocenters. The van der Waals surface area contributed by atoms with Crippen molar-refractivity contribution in [3.05, 3.63) is 35.4 Å². The molecule has 0 heterocycles. The minimum absolute atomic E-state index is 0.210. The van der Waals surface area contributed by atoms with Gasteiger partial charge in [-0.1, -0.05) is 24.3 Å². The third-order valence-corrected chi connectivity index (χ3v) is 1.86. The van der Waals surface area contributed by atoms with Gasteiger partial charge in [0.25, 0.3) is 0 Å². The van der Waals surface area contributed by atoms with Crippen molar-refractivity contribution in [1.82, 2.24) is 0 Å². The summed E-state index contributed by atoms with van der Waals surface area (Å²) in [4.78, 5) is 11.2. The summed E-state index contributed by atoms with van der Waals surface area (Å²) >= 11 is 0. The summed E-state index contributed by atoms with van der Waals surface area (Å²) in [5.41, 5.74) is 1.83. The average Bonchev–Trinajstić information content (AvgIpc) is 2.22. The normalized spacial score (nSPS) is 10.5. The monoisotopic (exact) mass is 206 g/mol. The second-order valence-corrected chi connectivity index (χ2v) is 3.00. The van der Waals surface area contributed by atoms with Gasteiger partial charge in [-0.15, -0.1) is 0 Å². The number of ether oxygens (including phenoxy) is 1. The zero-order chi connectivity index (χ0) is 11.1. The van der Waals surface area contributed by atoms with E-state index in [1.165, 1.54) is 0 Å². The van der Waals surface area contributed by atoms with Crippen molar-refractivity contribution in [2.24, 2.45) is 10.9 Å². The van der Waals surface area contributed by atoms with Crippen LogP contribution in [0.15, 0.2) is 29.4 Å². The highest BCUT2D eigenvalue weighted by atomic mass is 16.5. The highest BCUT2D eigenvalue weighted by molar-refractivity contribution is 5.79. The molecule has 0 aromatic heterocycles. The van der Waals surface area contributed by atoms with E-state index in [1.807, 2.05) is 24.3 Å². The molecule has 4 heteroatoms. The number of esters is 1. The first-order valence-electron chi connectivity index (χ1n) is 4.74. The summed E-state index contributed by atoms with van der Waals surface area (Å²) in [6.07, 6.45) is 1.85. The van der Waals surface area contributed by atoms with Crippen molar-refractivity contribution in [2.75, 3.05) is 6.61 Å². The molecule has 0 spiro atoms. The number of carbonyl (C=O) groups excluding carboxylic acids is 1. The Labute approximate surface area is 88.7 Å². The minimum Gasteiger partial charge on any atom is -0.466 e. The van der Waals surface area contributed by atoms with Crippen LogP contribution < -0.4 is 5.84 Å². The van der Waals surface area contributed by atoms with Crippen LogP contribution in [0.1, 0.15) is 18.1 Å². The number of nitrogens with two attached hydrogens (primary N) is 1. The predicted molar refractivity (Wildman–Crippen MR) is 58.6 cm³/mol. The zero-order valence-corrected chi connectivity index (χ0v) is 8.64. The molecule has 0 fully saturated rings. The number of rotatable bonds is 4. The van der Waals surface area contributed by atoms with E-state index < -0.39 is 0 Å². The maximum absolute atomic E-state index is 11.2. The van der Waals surface area contributed by atoms with Crippen LogP contribution in [0, 0.1) is 0 Å². The van der Waals surface area contributed by atoms with E-state index in [0.29, 0.717) is 13.0 Å². The van der Waals surface area contributed by atoms with Gasteiger partial charge >= 0.3 is 5.97 Å². The second-order valence-electron chi connectivity index (χ2n) is 3.00. The Kier molecular flexibility index (Phi) is 4.34. The highest BCUT2D eigenvalue weighted by Crippen LogP contribution is 2.04. The molecule has 0 bridgehead atoms. The fraction of sp³-hybridized carbons (Fsp3) is 0.273. The van der Waals surface area contributed by atoms with Gasteiger partial charge in [0, 0.05) is 0 Å².